The normalized spacial score (nSPS) is 17.1. The third kappa shape index (κ3) is 1.96. The van der Waals surface area contributed by atoms with Crippen LogP contribution < -0.4 is 10.2 Å². The predicted molar refractivity (Wildman–Crippen MR) is 56.9 cm³/mol. The second-order valence-electron chi connectivity index (χ2n) is 3.41. The van der Waals surface area contributed by atoms with Gasteiger partial charge in [0.05, 0.1) is 0 Å². The molecular formula is C9H13ClN4. The smallest absolute Gasteiger partial charge is 0.154 e. The molecule has 1 aliphatic rings. The van der Waals surface area contributed by atoms with Crippen LogP contribution in [-0.2, 0) is 0 Å². The molecule has 0 spiro atoms. The van der Waals surface area contributed by atoms with Gasteiger partial charge >= 0.3 is 0 Å². The Labute approximate surface area is 88.3 Å². The van der Waals surface area contributed by atoms with Crippen molar-refractivity contribution >= 4 is 17.4 Å². The van der Waals surface area contributed by atoms with Gasteiger partial charge in [-0.15, -0.1) is 10.2 Å². The highest BCUT2D eigenvalue weighted by atomic mass is 35.5. The number of hydrogen-bond donors (Lipinski definition) is 1. The zero-order valence-corrected chi connectivity index (χ0v) is 8.88. The number of anilines is 1. The number of halogens is 1. The topological polar surface area (TPSA) is 41.1 Å². The van der Waals surface area contributed by atoms with E-state index in [1.807, 2.05) is 13.0 Å². The molecular weight excluding hydrogens is 200 g/mol. The molecule has 2 rings (SSSR count). The van der Waals surface area contributed by atoms with Gasteiger partial charge in [-0.2, -0.15) is 0 Å². The first-order chi connectivity index (χ1) is 6.77. The molecule has 0 amide bonds. The molecule has 1 aliphatic heterocycles. The largest absolute Gasteiger partial charge is 0.352 e. The molecule has 0 radical (unpaired) electrons. The van der Waals surface area contributed by atoms with E-state index < -0.39 is 0 Å². The molecule has 1 N–H and O–H groups in total. The summed E-state index contributed by atoms with van der Waals surface area (Å²) in [6.45, 7) is 5.99. The van der Waals surface area contributed by atoms with Gasteiger partial charge in [-0.05, 0) is 18.6 Å². The third-order valence-electron chi connectivity index (χ3n) is 2.35. The average molecular weight is 213 g/mol. The van der Waals surface area contributed by atoms with Gasteiger partial charge in [0.25, 0.3) is 0 Å². The number of nitrogens with zero attached hydrogens (tertiary/aromatic N) is 3. The van der Waals surface area contributed by atoms with E-state index in [1.165, 1.54) is 0 Å². The number of aryl methyl sites for hydroxylation is 1. The molecule has 76 valence electrons. The van der Waals surface area contributed by atoms with Gasteiger partial charge in [0, 0.05) is 26.2 Å². The number of piperazine rings is 1. The van der Waals surface area contributed by atoms with Crippen LogP contribution in [-0.4, -0.2) is 36.4 Å². The summed E-state index contributed by atoms with van der Waals surface area (Å²) in [6, 6.07) is 1.85. The third-order valence-corrected chi connectivity index (χ3v) is 2.53. The molecule has 1 aromatic heterocycles. The Kier molecular flexibility index (Phi) is 2.84. The van der Waals surface area contributed by atoms with Crippen molar-refractivity contribution in [3.05, 3.63) is 16.8 Å². The fraction of sp³-hybridized carbons (Fsp3) is 0.556. The second kappa shape index (κ2) is 4.11. The SMILES string of the molecule is Cc1cc(Cl)nnc1N1CCNCC1. The molecule has 0 unspecified atom stereocenters. The first kappa shape index (κ1) is 9.68. The Hall–Kier alpha value is -0.870. The minimum Gasteiger partial charge on any atom is -0.352 e. The second-order valence-corrected chi connectivity index (χ2v) is 3.80. The van der Waals surface area contributed by atoms with E-state index in [4.69, 9.17) is 11.6 Å². The number of aromatic nitrogens is 2. The van der Waals surface area contributed by atoms with Gasteiger partial charge in [0.2, 0.25) is 0 Å². The summed E-state index contributed by atoms with van der Waals surface area (Å²) in [5.41, 5.74) is 1.09. The quantitative estimate of drug-likeness (QED) is 0.750. The van der Waals surface area contributed by atoms with Crippen LogP contribution in [0.3, 0.4) is 0 Å². The van der Waals surface area contributed by atoms with Crippen LogP contribution in [0.4, 0.5) is 5.82 Å². The molecule has 4 nitrogen and oxygen atoms in total. The van der Waals surface area contributed by atoms with Crippen LogP contribution >= 0.6 is 11.6 Å². The maximum Gasteiger partial charge on any atom is 0.154 e. The maximum atomic E-state index is 5.75. The molecule has 0 bridgehead atoms. The molecule has 0 atom stereocenters. The standard InChI is InChI=1S/C9H13ClN4/c1-7-6-8(10)12-13-9(7)14-4-2-11-3-5-14/h6,11H,2-5H2,1H3. The van der Waals surface area contributed by atoms with E-state index in [-0.39, 0.29) is 0 Å². The Morgan fingerprint density at radius 1 is 1.36 bits per heavy atom. The number of rotatable bonds is 1. The van der Waals surface area contributed by atoms with Crippen molar-refractivity contribution in [2.24, 2.45) is 0 Å². The summed E-state index contributed by atoms with van der Waals surface area (Å²) in [7, 11) is 0. The van der Waals surface area contributed by atoms with E-state index in [1.54, 1.807) is 0 Å². The zero-order valence-electron chi connectivity index (χ0n) is 8.13. The lowest BCUT2D eigenvalue weighted by molar-refractivity contribution is 0.581. The molecule has 1 aromatic rings. The van der Waals surface area contributed by atoms with Gasteiger partial charge in [0.15, 0.2) is 11.0 Å². The lowest BCUT2D eigenvalue weighted by Crippen LogP contribution is -2.44. The Balaban J connectivity index is 2.22. The lowest BCUT2D eigenvalue weighted by Gasteiger charge is -2.28. The predicted octanol–water partition coefficient (Wildman–Crippen LogP) is 0.848. The average Bonchev–Trinajstić information content (AvgIpc) is 2.19. The minimum atomic E-state index is 0.460. The number of hydrogen-bond acceptors (Lipinski definition) is 4. The molecule has 1 saturated heterocycles. The summed E-state index contributed by atoms with van der Waals surface area (Å²) >= 11 is 5.75. The molecule has 14 heavy (non-hydrogen) atoms. The van der Waals surface area contributed by atoms with Gasteiger partial charge in [-0.3, -0.25) is 0 Å². The first-order valence-electron chi connectivity index (χ1n) is 4.73. The van der Waals surface area contributed by atoms with Crippen molar-refractivity contribution < 1.29 is 0 Å². The van der Waals surface area contributed by atoms with Gasteiger partial charge in [-0.25, -0.2) is 0 Å². The summed E-state index contributed by atoms with van der Waals surface area (Å²) in [6.07, 6.45) is 0. The van der Waals surface area contributed by atoms with Crippen LogP contribution in [0.5, 0.6) is 0 Å². The summed E-state index contributed by atoms with van der Waals surface area (Å²) in [5.74, 6) is 0.955. The fourth-order valence-corrected chi connectivity index (χ4v) is 1.84. The Bertz CT molecular complexity index is 323. The number of nitrogens with one attached hydrogen (secondary N) is 1. The molecule has 0 saturated carbocycles. The maximum absolute atomic E-state index is 5.75. The molecule has 1 fully saturated rings. The van der Waals surface area contributed by atoms with Crippen LogP contribution in [0.15, 0.2) is 6.07 Å². The monoisotopic (exact) mass is 212 g/mol. The lowest BCUT2D eigenvalue weighted by atomic mass is 10.2. The van der Waals surface area contributed by atoms with E-state index in [0.717, 1.165) is 37.6 Å². The van der Waals surface area contributed by atoms with Crippen LogP contribution in [0.2, 0.25) is 5.15 Å². The summed E-state index contributed by atoms with van der Waals surface area (Å²) in [5, 5.41) is 11.7. The summed E-state index contributed by atoms with van der Waals surface area (Å²) < 4.78 is 0. The van der Waals surface area contributed by atoms with Gasteiger partial charge < -0.3 is 10.2 Å². The van der Waals surface area contributed by atoms with Crippen molar-refractivity contribution in [2.75, 3.05) is 31.1 Å². The Morgan fingerprint density at radius 3 is 2.71 bits per heavy atom. The van der Waals surface area contributed by atoms with Crippen LogP contribution in [0.1, 0.15) is 5.56 Å². The van der Waals surface area contributed by atoms with Gasteiger partial charge in [-0.1, -0.05) is 11.6 Å². The van der Waals surface area contributed by atoms with Crippen molar-refractivity contribution in [2.45, 2.75) is 6.92 Å². The molecule has 2 heterocycles. The van der Waals surface area contributed by atoms with Crippen molar-refractivity contribution in [3.63, 3.8) is 0 Å². The highest BCUT2D eigenvalue weighted by Gasteiger charge is 2.14. The highest BCUT2D eigenvalue weighted by Crippen LogP contribution is 2.18. The van der Waals surface area contributed by atoms with Crippen LogP contribution in [0.25, 0.3) is 0 Å². The molecule has 0 aliphatic carbocycles. The van der Waals surface area contributed by atoms with Crippen molar-refractivity contribution in [3.8, 4) is 0 Å². The van der Waals surface area contributed by atoms with E-state index in [2.05, 4.69) is 20.4 Å². The summed E-state index contributed by atoms with van der Waals surface area (Å²) in [4.78, 5) is 2.23. The Morgan fingerprint density at radius 2 is 2.07 bits per heavy atom. The van der Waals surface area contributed by atoms with Gasteiger partial charge in [0.1, 0.15) is 0 Å². The van der Waals surface area contributed by atoms with E-state index in [0.29, 0.717) is 5.15 Å². The molecule has 0 aromatic carbocycles. The van der Waals surface area contributed by atoms with Crippen molar-refractivity contribution in [1.29, 1.82) is 0 Å². The fourth-order valence-electron chi connectivity index (χ4n) is 1.64. The van der Waals surface area contributed by atoms with Crippen molar-refractivity contribution in [1.82, 2.24) is 15.5 Å². The minimum absolute atomic E-state index is 0.460. The first-order valence-corrected chi connectivity index (χ1v) is 5.10. The zero-order chi connectivity index (χ0) is 9.97. The van der Waals surface area contributed by atoms with Crippen LogP contribution in [0, 0.1) is 6.92 Å². The van der Waals surface area contributed by atoms with E-state index >= 15 is 0 Å². The highest BCUT2D eigenvalue weighted by molar-refractivity contribution is 6.29. The molecule has 5 heteroatoms. The van der Waals surface area contributed by atoms with E-state index in [9.17, 15) is 0 Å².